The number of aromatic carboxylic acids is 1. The summed E-state index contributed by atoms with van der Waals surface area (Å²) >= 11 is 0. The van der Waals surface area contributed by atoms with E-state index in [4.69, 9.17) is 5.11 Å². The fraction of sp³-hybridized carbons (Fsp3) is 0. The molecule has 2 heterocycles. The first-order chi connectivity index (χ1) is 12.1. The first kappa shape index (κ1) is 15.1. The molecule has 4 aromatic rings. The number of carbonyl (C=O) groups is 1. The zero-order chi connectivity index (χ0) is 17.4. The molecule has 0 bridgehead atoms. The van der Waals surface area contributed by atoms with Gasteiger partial charge in [-0.25, -0.2) is 14.2 Å². The molecule has 122 valence electrons. The molecule has 2 aromatic heterocycles. The van der Waals surface area contributed by atoms with Crippen LogP contribution < -0.4 is 0 Å². The van der Waals surface area contributed by atoms with E-state index < -0.39 is 5.97 Å². The SMILES string of the molecule is O=C(O)c1cccc(-c2cnc3cc(-c4ccc(F)cc4)ccn23)c1. The third kappa shape index (κ3) is 2.76. The lowest BCUT2D eigenvalue weighted by Gasteiger charge is -2.06. The zero-order valence-corrected chi connectivity index (χ0v) is 13.1. The van der Waals surface area contributed by atoms with Crippen LogP contribution in [0.25, 0.3) is 28.0 Å². The number of pyridine rings is 1. The van der Waals surface area contributed by atoms with E-state index in [0.29, 0.717) is 0 Å². The van der Waals surface area contributed by atoms with Gasteiger partial charge in [-0.3, -0.25) is 4.40 Å². The second-order valence-corrected chi connectivity index (χ2v) is 5.68. The van der Waals surface area contributed by atoms with Crippen LogP contribution in [0.3, 0.4) is 0 Å². The van der Waals surface area contributed by atoms with Gasteiger partial charge in [0.25, 0.3) is 0 Å². The molecule has 0 fully saturated rings. The maximum absolute atomic E-state index is 13.1. The molecule has 4 rings (SSSR count). The molecule has 0 aliphatic carbocycles. The molecule has 1 N–H and O–H groups in total. The molecule has 0 spiro atoms. The van der Waals surface area contributed by atoms with Crippen molar-refractivity contribution >= 4 is 11.6 Å². The summed E-state index contributed by atoms with van der Waals surface area (Å²) in [6, 6.07) is 16.9. The number of imidazole rings is 1. The Hall–Kier alpha value is -3.47. The molecule has 0 amide bonds. The summed E-state index contributed by atoms with van der Waals surface area (Å²) in [6.45, 7) is 0. The van der Waals surface area contributed by atoms with Gasteiger partial charge in [-0.2, -0.15) is 0 Å². The number of aromatic nitrogens is 2. The highest BCUT2D eigenvalue weighted by molar-refractivity contribution is 5.89. The van der Waals surface area contributed by atoms with Crippen molar-refractivity contribution < 1.29 is 14.3 Å². The van der Waals surface area contributed by atoms with Crippen LogP contribution in [0.5, 0.6) is 0 Å². The Kier molecular flexibility index (Phi) is 3.54. The van der Waals surface area contributed by atoms with Crippen LogP contribution in [-0.4, -0.2) is 20.5 Å². The highest BCUT2D eigenvalue weighted by atomic mass is 19.1. The lowest BCUT2D eigenvalue weighted by Crippen LogP contribution is -1.96. The highest BCUT2D eigenvalue weighted by Gasteiger charge is 2.10. The first-order valence-electron chi connectivity index (χ1n) is 7.68. The molecule has 0 radical (unpaired) electrons. The summed E-state index contributed by atoms with van der Waals surface area (Å²) in [5.41, 5.74) is 4.39. The molecule has 2 aromatic carbocycles. The van der Waals surface area contributed by atoms with Crippen molar-refractivity contribution in [2.24, 2.45) is 0 Å². The fourth-order valence-electron chi connectivity index (χ4n) is 2.83. The van der Waals surface area contributed by atoms with Crippen molar-refractivity contribution in [2.45, 2.75) is 0 Å². The van der Waals surface area contributed by atoms with Crippen LogP contribution in [0.15, 0.2) is 73.1 Å². The van der Waals surface area contributed by atoms with Gasteiger partial charge in [-0.15, -0.1) is 0 Å². The largest absolute Gasteiger partial charge is 0.478 e. The number of fused-ring (bicyclic) bond motifs is 1. The van der Waals surface area contributed by atoms with Gasteiger partial charge in [0, 0.05) is 11.8 Å². The summed E-state index contributed by atoms with van der Waals surface area (Å²) in [4.78, 5) is 15.6. The van der Waals surface area contributed by atoms with E-state index in [1.54, 1.807) is 36.5 Å². The predicted molar refractivity (Wildman–Crippen MR) is 93.0 cm³/mol. The predicted octanol–water partition coefficient (Wildman–Crippen LogP) is 4.51. The average molecular weight is 332 g/mol. The zero-order valence-electron chi connectivity index (χ0n) is 13.1. The Morgan fingerprint density at radius 2 is 1.76 bits per heavy atom. The lowest BCUT2D eigenvalue weighted by molar-refractivity contribution is 0.0697. The van der Waals surface area contributed by atoms with Crippen molar-refractivity contribution in [3.8, 4) is 22.4 Å². The number of rotatable bonds is 3. The second kappa shape index (κ2) is 5.87. The van der Waals surface area contributed by atoms with Crippen LogP contribution in [-0.2, 0) is 0 Å². The normalized spacial score (nSPS) is 10.9. The van der Waals surface area contributed by atoms with E-state index in [-0.39, 0.29) is 11.4 Å². The van der Waals surface area contributed by atoms with E-state index in [1.165, 1.54) is 12.1 Å². The Morgan fingerprint density at radius 3 is 2.52 bits per heavy atom. The Morgan fingerprint density at radius 1 is 0.960 bits per heavy atom. The lowest BCUT2D eigenvalue weighted by atomic mass is 10.1. The Balaban J connectivity index is 1.79. The van der Waals surface area contributed by atoms with E-state index in [2.05, 4.69) is 4.98 Å². The summed E-state index contributed by atoms with van der Waals surface area (Å²) in [5, 5.41) is 9.15. The van der Waals surface area contributed by atoms with Crippen LogP contribution in [0.1, 0.15) is 10.4 Å². The number of hydrogen-bond donors (Lipinski definition) is 1. The van der Waals surface area contributed by atoms with Gasteiger partial charge in [0.15, 0.2) is 0 Å². The quantitative estimate of drug-likeness (QED) is 0.601. The topological polar surface area (TPSA) is 54.6 Å². The first-order valence-corrected chi connectivity index (χ1v) is 7.68. The number of hydrogen-bond acceptors (Lipinski definition) is 2. The van der Waals surface area contributed by atoms with Crippen molar-refractivity contribution in [2.75, 3.05) is 0 Å². The monoisotopic (exact) mass is 332 g/mol. The van der Waals surface area contributed by atoms with Crippen LogP contribution in [0.4, 0.5) is 4.39 Å². The van der Waals surface area contributed by atoms with Gasteiger partial charge in [0.1, 0.15) is 11.5 Å². The van der Waals surface area contributed by atoms with Crippen molar-refractivity contribution in [1.29, 1.82) is 0 Å². The van der Waals surface area contributed by atoms with Gasteiger partial charge in [-0.1, -0.05) is 24.3 Å². The third-order valence-electron chi connectivity index (χ3n) is 4.10. The highest BCUT2D eigenvalue weighted by Crippen LogP contribution is 2.26. The van der Waals surface area contributed by atoms with Gasteiger partial charge in [0.2, 0.25) is 0 Å². The van der Waals surface area contributed by atoms with Crippen molar-refractivity contribution in [3.05, 3.63) is 84.4 Å². The minimum absolute atomic E-state index is 0.232. The second-order valence-electron chi connectivity index (χ2n) is 5.68. The molecule has 0 saturated carbocycles. The van der Waals surface area contributed by atoms with Gasteiger partial charge < -0.3 is 5.11 Å². The fourth-order valence-corrected chi connectivity index (χ4v) is 2.83. The van der Waals surface area contributed by atoms with Gasteiger partial charge in [-0.05, 0) is 47.5 Å². The number of carboxylic acid groups (broad SMARTS) is 1. The van der Waals surface area contributed by atoms with Crippen LogP contribution >= 0.6 is 0 Å². The van der Waals surface area contributed by atoms with E-state index in [1.807, 2.05) is 28.8 Å². The number of benzene rings is 2. The molecule has 0 saturated heterocycles. The average Bonchev–Trinajstić information content (AvgIpc) is 3.05. The minimum atomic E-state index is -0.964. The summed E-state index contributed by atoms with van der Waals surface area (Å²) in [5.74, 6) is -1.24. The molecule has 0 atom stereocenters. The van der Waals surface area contributed by atoms with Crippen molar-refractivity contribution in [3.63, 3.8) is 0 Å². The maximum Gasteiger partial charge on any atom is 0.335 e. The number of nitrogens with zero attached hydrogens (tertiary/aromatic N) is 2. The summed E-state index contributed by atoms with van der Waals surface area (Å²) in [6.07, 6.45) is 3.59. The molecule has 5 heteroatoms. The molecule has 0 aliphatic rings. The summed E-state index contributed by atoms with van der Waals surface area (Å²) in [7, 11) is 0. The smallest absolute Gasteiger partial charge is 0.335 e. The molecule has 25 heavy (non-hydrogen) atoms. The Labute approximate surface area is 142 Å². The molecule has 4 nitrogen and oxygen atoms in total. The third-order valence-corrected chi connectivity index (χ3v) is 4.10. The standard InChI is InChI=1S/C20H13FN2O2/c21-17-6-4-13(5-7-17)14-8-9-23-18(12-22-19(23)11-14)15-2-1-3-16(10-15)20(24)25/h1-12H,(H,24,25). The van der Waals surface area contributed by atoms with E-state index >= 15 is 0 Å². The van der Waals surface area contributed by atoms with E-state index in [9.17, 15) is 9.18 Å². The van der Waals surface area contributed by atoms with Gasteiger partial charge >= 0.3 is 5.97 Å². The number of carboxylic acids is 1. The van der Waals surface area contributed by atoms with Crippen molar-refractivity contribution in [1.82, 2.24) is 9.38 Å². The molecule has 0 aliphatic heterocycles. The minimum Gasteiger partial charge on any atom is -0.478 e. The van der Waals surface area contributed by atoms with E-state index in [0.717, 1.165) is 28.0 Å². The maximum atomic E-state index is 13.1. The number of halogens is 1. The summed E-state index contributed by atoms with van der Waals surface area (Å²) < 4.78 is 15.0. The van der Waals surface area contributed by atoms with Crippen LogP contribution in [0, 0.1) is 5.82 Å². The Bertz CT molecular complexity index is 1080. The van der Waals surface area contributed by atoms with Crippen LogP contribution in [0.2, 0.25) is 0 Å². The molecule has 0 unspecified atom stereocenters. The molecular formula is C20H13FN2O2. The van der Waals surface area contributed by atoms with Gasteiger partial charge in [0.05, 0.1) is 17.5 Å². The molecular weight excluding hydrogens is 319 g/mol.